The van der Waals surface area contributed by atoms with Gasteiger partial charge in [-0.25, -0.2) is 10.3 Å². The van der Waals surface area contributed by atoms with E-state index in [0.29, 0.717) is 16.5 Å². The molecule has 0 fully saturated rings. The van der Waals surface area contributed by atoms with Gasteiger partial charge in [0, 0.05) is 13.1 Å². The summed E-state index contributed by atoms with van der Waals surface area (Å²) in [5, 5.41) is 13.1. The van der Waals surface area contributed by atoms with Crippen LogP contribution in [0.4, 0.5) is 11.4 Å². The number of hydrogen-bond donors (Lipinski definition) is 5. The third kappa shape index (κ3) is 5.85. The summed E-state index contributed by atoms with van der Waals surface area (Å²) in [6.45, 7) is 0. The molecule has 4 N–H and O–H groups in total. The van der Waals surface area contributed by atoms with E-state index in [2.05, 4.69) is 28.4 Å². The number of aliphatic hydroxyl groups is 1. The van der Waals surface area contributed by atoms with Crippen molar-refractivity contribution in [3.05, 3.63) is 53.6 Å². The van der Waals surface area contributed by atoms with E-state index < -0.39 is 0 Å². The number of rotatable bonds is 4. The summed E-state index contributed by atoms with van der Waals surface area (Å²) in [4.78, 5) is 7.97. The zero-order valence-electron chi connectivity index (χ0n) is 12.3. The predicted molar refractivity (Wildman–Crippen MR) is 94.4 cm³/mol. The van der Waals surface area contributed by atoms with Gasteiger partial charge in [-0.1, -0.05) is 29.8 Å². The molecule has 0 heterocycles. The van der Waals surface area contributed by atoms with E-state index in [1.54, 1.807) is 31.5 Å². The van der Waals surface area contributed by atoms with Crippen LogP contribution in [0.5, 0.6) is 5.75 Å². The van der Waals surface area contributed by atoms with Crippen molar-refractivity contribution in [3.8, 4) is 5.75 Å². The standard InChI is InChI=1S/C14H14ClN3O2.CH4S/c1-16-20-13-9-11(7-8-12(13)15)18-14(19)17-10-5-3-2-4-6-10;1-2/h2-9,16H,1H3,(H2,17,18,19);2H,1H3/p+1. The fourth-order valence-electron chi connectivity index (χ4n) is 1.60. The first-order chi connectivity index (χ1) is 10.7. The highest BCUT2D eigenvalue weighted by molar-refractivity contribution is 7.79. The number of nitrogens with one attached hydrogen (secondary N) is 3. The number of hydrogen-bond acceptors (Lipinski definition) is 3. The van der Waals surface area contributed by atoms with E-state index in [4.69, 9.17) is 16.4 Å². The van der Waals surface area contributed by atoms with E-state index in [-0.39, 0.29) is 6.02 Å². The van der Waals surface area contributed by atoms with Crippen LogP contribution in [0.1, 0.15) is 0 Å². The molecule has 0 saturated carbocycles. The Bertz CT molecular complexity index is 609. The second kappa shape index (κ2) is 9.94. The first kappa shape index (κ1) is 18.2. The summed E-state index contributed by atoms with van der Waals surface area (Å²) < 4.78 is 0. The van der Waals surface area contributed by atoms with Gasteiger partial charge in [-0.05, 0) is 30.5 Å². The van der Waals surface area contributed by atoms with Crippen LogP contribution in [0.25, 0.3) is 0 Å². The van der Waals surface area contributed by atoms with Crippen LogP contribution >= 0.6 is 24.2 Å². The van der Waals surface area contributed by atoms with Crippen LogP contribution in [-0.4, -0.2) is 24.4 Å². The maximum Gasteiger partial charge on any atom is 0.449 e. The molecule has 0 bridgehead atoms. The molecule has 0 unspecified atom stereocenters. The number of thiol groups is 1. The van der Waals surface area contributed by atoms with Crippen molar-refractivity contribution in [2.75, 3.05) is 18.6 Å². The zero-order chi connectivity index (χ0) is 16.4. The fraction of sp³-hybridized carbons (Fsp3) is 0.133. The van der Waals surface area contributed by atoms with Gasteiger partial charge in [-0.2, -0.15) is 18.1 Å². The Morgan fingerprint density at radius 1 is 1.18 bits per heavy atom. The number of anilines is 1. The molecule has 22 heavy (non-hydrogen) atoms. The molecule has 0 aliphatic heterocycles. The number of aliphatic hydroxyl groups excluding tert-OH is 1. The average molecular weight is 341 g/mol. The summed E-state index contributed by atoms with van der Waals surface area (Å²) in [7, 11) is 1.64. The normalized spacial score (nSPS) is 10.5. The van der Waals surface area contributed by atoms with Crippen LogP contribution in [-0.2, 0) is 0 Å². The molecule has 0 atom stereocenters. The Balaban J connectivity index is 0.00000116. The number of amidine groups is 1. The van der Waals surface area contributed by atoms with E-state index in [9.17, 15) is 5.11 Å². The quantitative estimate of drug-likeness (QED) is 0.256. The summed E-state index contributed by atoms with van der Waals surface area (Å²) in [6, 6.07) is 14.3. The Labute approximate surface area is 140 Å². The van der Waals surface area contributed by atoms with Gasteiger partial charge in [-0.3, -0.25) is 0 Å². The van der Waals surface area contributed by atoms with Crippen molar-refractivity contribution >= 4 is 41.6 Å². The van der Waals surface area contributed by atoms with Crippen molar-refractivity contribution in [3.63, 3.8) is 0 Å². The molecule has 0 amide bonds. The molecule has 118 valence electrons. The third-order valence-electron chi connectivity index (χ3n) is 2.44. The van der Waals surface area contributed by atoms with Crippen molar-refractivity contribution < 1.29 is 14.9 Å². The van der Waals surface area contributed by atoms with Crippen LogP contribution in [0, 0.1) is 0 Å². The van der Waals surface area contributed by atoms with Gasteiger partial charge in [-0.15, -0.1) is 0 Å². The molecule has 0 saturated heterocycles. The minimum atomic E-state index is -0.0890. The lowest BCUT2D eigenvalue weighted by Gasteiger charge is -2.05. The van der Waals surface area contributed by atoms with Gasteiger partial charge in [0.05, 0.1) is 5.02 Å². The second-order valence-corrected chi connectivity index (χ2v) is 4.32. The van der Waals surface area contributed by atoms with Crippen LogP contribution in [0.3, 0.4) is 0 Å². The lowest BCUT2D eigenvalue weighted by molar-refractivity contribution is -0.365. The molecule has 0 radical (unpaired) electrons. The molecular weight excluding hydrogens is 322 g/mol. The van der Waals surface area contributed by atoms with Crippen molar-refractivity contribution in [2.24, 2.45) is 0 Å². The lowest BCUT2D eigenvalue weighted by Crippen LogP contribution is -2.68. The summed E-state index contributed by atoms with van der Waals surface area (Å²) in [6.07, 6.45) is 1.69. The first-order valence-corrected chi connectivity index (χ1v) is 7.69. The molecule has 0 spiro atoms. The Morgan fingerprint density at radius 3 is 2.50 bits per heavy atom. The van der Waals surface area contributed by atoms with E-state index >= 15 is 0 Å². The highest BCUT2D eigenvalue weighted by atomic mass is 35.5. The van der Waals surface area contributed by atoms with Gasteiger partial charge in [0.2, 0.25) is 0 Å². The molecule has 7 heteroatoms. The summed E-state index contributed by atoms with van der Waals surface area (Å²) in [5.41, 5.74) is 3.96. The Kier molecular flexibility index (Phi) is 8.21. The SMILES string of the molecule is CNOc1cc(NC(O)=[NH+]c2ccccc2)ccc1Cl.CS. The molecule has 2 rings (SSSR count). The predicted octanol–water partition coefficient (Wildman–Crippen LogP) is 2.14. The van der Waals surface area contributed by atoms with Crippen LogP contribution < -0.4 is 20.6 Å². The molecular formula is C15H19ClN3O2S+. The zero-order valence-corrected chi connectivity index (χ0v) is 13.9. The second-order valence-electron chi connectivity index (χ2n) is 3.92. The van der Waals surface area contributed by atoms with E-state index in [0.717, 1.165) is 5.69 Å². The smallest absolute Gasteiger partial charge is 0.447 e. The van der Waals surface area contributed by atoms with Gasteiger partial charge in [0.1, 0.15) is 11.4 Å². The van der Waals surface area contributed by atoms with Crippen LogP contribution in [0.15, 0.2) is 48.5 Å². The van der Waals surface area contributed by atoms with E-state index in [1.165, 1.54) is 0 Å². The number of hydroxylamine groups is 1. The van der Waals surface area contributed by atoms with Crippen molar-refractivity contribution in [1.82, 2.24) is 5.48 Å². The Hall–Kier alpha value is -1.89. The summed E-state index contributed by atoms with van der Waals surface area (Å²) >= 11 is 9.49. The highest BCUT2D eigenvalue weighted by Crippen LogP contribution is 2.27. The first-order valence-electron chi connectivity index (χ1n) is 6.42. The number of benzene rings is 2. The van der Waals surface area contributed by atoms with Crippen molar-refractivity contribution in [1.29, 1.82) is 0 Å². The molecule has 5 nitrogen and oxygen atoms in total. The summed E-state index contributed by atoms with van der Waals surface area (Å²) in [5.74, 6) is 0.465. The molecule has 2 aromatic rings. The van der Waals surface area contributed by atoms with Gasteiger partial charge in [0.15, 0.2) is 5.75 Å². The largest absolute Gasteiger partial charge is 0.449 e. The highest BCUT2D eigenvalue weighted by Gasteiger charge is 2.09. The molecule has 0 aliphatic carbocycles. The maximum absolute atomic E-state index is 9.85. The minimum Gasteiger partial charge on any atom is -0.447 e. The molecule has 2 aromatic carbocycles. The van der Waals surface area contributed by atoms with Crippen LogP contribution in [0.2, 0.25) is 5.02 Å². The minimum absolute atomic E-state index is 0.0890. The topological polar surface area (TPSA) is 67.5 Å². The number of halogens is 1. The van der Waals surface area contributed by atoms with Gasteiger partial charge >= 0.3 is 6.02 Å². The molecule has 0 aliphatic rings. The maximum atomic E-state index is 9.85. The molecule has 0 aromatic heterocycles. The van der Waals surface area contributed by atoms with Gasteiger partial charge in [0.25, 0.3) is 0 Å². The third-order valence-corrected chi connectivity index (χ3v) is 2.75. The lowest BCUT2D eigenvalue weighted by atomic mass is 10.3. The number of para-hydroxylation sites is 1. The average Bonchev–Trinajstić information content (AvgIpc) is 2.54. The van der Waals surface area contributed by atoms with E-state index in [1.807, 2.05) is 30.3 Å². The van der Waals surface area contributed by atoms with Crippen molar-refractivity contribution in [2.45, 2.75) is 0 Å². The fourth-order valence-corrected chi connectivity index (χ4v) is 1.75. The monoisotopic (exact) mass is 340 g/mol. The Morgan fingerprint density at radius 2 is 1.86 bits per heavy atom. The van der Waals surface area contributed by atoms with Gasteiger partial charge < -0.3 is 9.94 Å².